The normalized spacial score (nSPS) is 24.7. The Morgan fingerprint density at radius 3 is 2.92 bits per heavy atom. The van der Waals surface area contributed by atoms with Gasteiger partial charge in [-0.05, 0) is 44.2 Å². The standard InChI is InChI=1S/C12H25N/c1-11(2)6-5-8-12-7-3-4-9-13-10-12/h11-13H,3-10H2,1-2H3. The summed E-state index contributed by atoms with van der Waals surface area (Å²) in [6.45, 7) is 7.18. The van der Waals surface area contributed by atoms with Gasteiger partial charge in [0.1, 0.15) is 0 Å². The Labute approximate surface area is 83.3 Å². The van der Waals surface area contributed by atoms with E-state index in [0.717, 1.165) is 11.8 Å². The molecular weight excluding hydrogens is 158 g/mol. The maximum atomic E-state index is 3.54. The van der Waals surface area contributed by atoms with Gasteiger partial charge in [0, 0.05) is 0 Å². The minimum atomic E-state index is 0.888. The fourth-order valence-electron chi connectivity index (χ4n) is 2.15. The van der Waals surface area contributed by atoms with E-state index in [-0.39, 0.29) is 0 Å². The highest BCUT2D eigenvalue weighted by molar-refractivity contribution is 4.67. The third-order valence-electron chi connectivity index (χ3n) is 3.04. The molecule has 0 radical (unpaired) electrons. The van der Waals surface area contributed by atoms with E-state index in [2.05, 4.69) is 19.2 Å². The molecule has 1 atom stereocenters. The summed E-state index contributed by atoms with van der Waals surface area (Å²) in [5, 5.41) is 3.54. The molecular formula is C12H25N. The van der Waals surface area contributed by atoms with Gasteiger partial charge < -0.3 is 5.32 Å². The van der Waals surface area contributed by atoms with Crippen molar-refractivity contribution in [3.8, 4) is 0 Å². The second kappa shape index (κ2) is 6.42. The molecule has 0 bridgehead atoms. The van der Waals surface area contributed by atoms with Crippen LogP contribution in [0.15, 0.2) is 0 Å². The molecule has 0 aliphatic carbocycles. The summed E-state index contributed by atoms with van der Waals surface area (Å²) in [6, 6.07) is 0. The van der Waals surface area contributed by atoms with Gasteiger partial charge >= 0.3 is 0 Å². The lowest BCUT2D eigenvalue weighted by Crippen LogP contribution is -2.20. The summed E-state index contributed by atoms with van der Waals surface area (Å²) >= 11 is 0. The van der Waals surface area contributed by atoms with Crippen molar-refractivity contribution in [1.82, 2.24) is 5.32 Å². The van der Waals surface area contributed by atoms with E-state index in [4.69, 9.17) is 0 Å². The fourth-order valence-corrected chi connectivity index (χ4v) is 2.15. The molecule has 1 N–H and O–H groups in total. The predicted octanol–water partition coefficient (Wildman–Crippen LogP) is 3.20. The second-order valence-electron chi connectivity index (χ2n) is 4.89. The van der Waals surface area contributed by atoms with Gasteiger partial charge in [-0.1, -0.05) is 33.1 Å². The van der Waals surface area contributed by atoms with Crippen molar-refractivity contribution in [2.75, 3.05) is 13.1 Å². The fraction of sp³-hybridized carbons (Fsp3) is 1.00. The first-order valence-corrected chi connectivity index (χ1v) is 5.99. The molecule has 1 rings (SSSR count). The lowest BCUT2D eigenvalue weighted by Gasteiger charge is -2.14. The zero-order valence-electron chi connectivity index (χ0n) is 9.31. The molecule has 0 amide bonds. The Kier molecular flexibility index (Phi) is 5.45. The quantitative estimate of drug-likeness (QED) is 0.705. The highest BCUT2D eigenvalue weighted by atomic mass is 14.9. The van der Waals surface area contributed by atoms with E-state index < -0.39 is 0 Å². The maximum Gasteiger partial charge on any atom is -0.00205 e. The Bertz CT molecular complexity index is 112. The highest BCUT2D eigenvalue weighted by Crippen LogP contribution is 2.19. The van der Waals surface area contributed by atoms with Crippen LogP contribution < -0.4 is 5.32 Å². The highest BCUT2D eigenvalue weighted by Gasteiger charge is 2.11. The molecule has 1 aliphatic heterocycles. The van der Waals surface area contributed by atoms with Gasteiger partial charge in [0.15, 0.2) is 0 Å². The van der Waals surface area contributed by atoms with Crippen molar-refractivity contribution in [2.45, 2.75) is 52.4 Å². The molecule has 1 nitrogen and oxygen atoms in total. The van der Waals surface area contributed by atoms with Crippen molar-refractivity contribution in [3.63, 3.8) is 0 Å². The van der Waals surface area contributed by atoms with Crippen LogP contribution >= 0.6 is 0 Å². The van der Waals surface area contributed by atoms with Gasteiger partial charge in [-0.2, -0.15) is 0 Å². The van der Waals surface area contributed by atoms with E-state index in [9.17, 15) is 0 Å². The van der Waals surface area contributed by atoms with Gasteiger partial charge in [0.05, 0.1) is 0 Å². The molecule has 13 heavy (non-hydrogen) atoms. The molecule has 1 unspecified atom stereocenters. The van der Waals surface area contributed by atoms with Crippen LogP contribution in [0.5, 0.6) is 0 Å². The Balaban J connectivity index is 2.05. The molecule has 78 valence electrons. The van der Waals surface area contributed by atoms with E-state index in [1.54, 1.807) is 0 Å². The molecule has 0 spiro atoms. The van der Waals surface area contributed by atoms with E-state index >= 15 is 0 Å². The van der Waals surface area contributed by atoms with Crippen molar-refractivity contribution in [1.29, 1.82) is 0 Å². The largest absolute Gasteiger partial charge is 0.316 e. The Hall–Kier alpha value is -0.0400. The SMILES string of the molecule is CC(C)CCCC1CCCCNC1. The zero-order valence-corrected chi connectivity index (χ0v) is 9.31. The summed E-state index contributed by atoms with van der Waals surface area (Å²) in [6.07, 6.45) is 8.59. The van der Waals surface area contributed by atoms with Crippen LogP contribution in [0.3, 0.4) is 0 Å². The molecule has 1 fully saturated rings. The molecule has 0 saturated carbocycles. The molecule has 1 aliphatic rings. The molecule has 1 heterocycles. The van der Waals surface area contributed by atoms with Crippen LogP contribution in [0.1, 0.15) is 52.4 Å². The molecule has 0 aromatic carbocycles. The molecule has 0 aromatic heterocycles. The van der Waals surface area contributed by atoms with Gasteiger partial charge in [-0.25, -0.2) is 0 Å². The zero-order chi connectivity index (χ0) is 9.52. The van der Waals surface area contributed by atoms with Crippen molar-refractivity contribution >= 4 is 0 Å². The van der Waals surface area contributed by atoms with Crippen molar-refractivity contribution in [3.05, 3.63) is 0 Å². The molecule has 1 saturated heterocycles. The second-order valence-corrected chi connectivity index (χ2v) is 4.89. The summed E-state index contributed by atoms with van der Waals surface area (Å²) < 4.78 is 0. The van der Waals surface area contributed by atoms with Gasteiger partial charge in [-0.3, -0.25) is 0 Å². The van der Waals surface area contributed by atoms with Crippen LogP contribution in [0, 0.1) is 11.8 Å². The van der Waals surface area contributed by atoms with Gasteiger partial charge in [-0.15, -0.1) is 0 Å². The first-order chi connectivity index (χ1) is 6.29. The van der Waals surface area contributed by atoms with Gasteiger partial charge in [0.25, 0.3) is 0 Å². The predicted molar refractivity (Wildman–Crippen MR) is 58.9 cm³/mol. The average molecular weight is 183 g/mol. The minimum Gasteiger partial charge on any atom is -0.316 e. The Morgan fingerprint density at radius 2 is 2.15 bits per heavy atom. The molecule has 0 aromatic rings. The summed E-state index contributed by atoms with van der Waals surface area (Å²) in [5.41, 5.74) is 0. The molecule has 1 heteroatoms. The van der Waals surface area contributed by atoms with E-state index in [1.165, 1.54) is 51.6 Å². The number of hydrogen-bond donors (Lipinski definition) is 1. The smallest absolute Gasteiger partial charge is 0.00205 e. The van der Waals surface area contributed by atoms with Crippen LogP contribution in [0.25, 0.3) is 0 Å². The third-order valence-corrected chi connectivity index (χ3v) is 3.04. The topological polar surface area (TPSA) is 12.0 Å². The van der Waals surface area contributed by atoms with Gasteiger partial charge in [0.2, 0.25) is 0 Å². The summed E-state index contributed by atoms with van der Waals surface area (Å²) in [5.74, 6) is 1.86. The van der Waals surface area contributed by atoms with Crippen molar-refractivity contribution in [2.24, 2.45) is 11.8 Å². The lowest BCUT2D eigenvalue weighted by molar-refractivity contribution is 0.407. The lowest BCUT2D eigenvalue weighted by atomic mass is 9.95. The van der Waals surface area contributed by atoms with E-state index in [1.807, 2.05) is 0 Å². The third kappa shape index (κ3) is 5.30. The monoisotopic (exact) mass is 183 g/mol. The Morgan fingerprint density at radius 1 is 1.31 bits per heavy atom. The first kappa shape index (κ1) is 11.0. The first-order valence-electron chi connectivity index (χ1n) is 5.99. The summed E-state index contributed by atoms with van der Waals surface area (Å²) in [7, 11) is 0. The summed E-state index contributed by atoms with van der Waals surface area (Å²) in [4.78, 5) is 0. The van der Waals surface area contributed by atoms with Crippen LogP contribution in [0.2, 0.25) is 0 Å². The number of rotatable bonds is 4. The van der Waals surface area contributed by atoms with Crippen LogP contribution in [-0.2, 0) is 0 Å². The van der Waals surface area contributed by atoms with Crippen molar-refractivity contribution < 1.29 is 0 Å². The van der Waals surface area contributed by atoms with E-state index in [0.29, 0.717) is 0 Å². The van der Waals surface area contributed by atoms with Crippen LogP contribution in [0.4, 0.5) is 0 Å². The average Bonchev–Trinajstić information content (AvgIpc) is 2.32. The van der Waals surface area contributed by atoms with Crippen LogP contribution in [-0.4, -0.2) is 13.1 Å². The number of hydrogen-bond acceptors (Lipinski definition) is 1. The number of nitrogens with one attached hydrogen (secondary N) is 1. The minimum absolute atomic E-state index is 0.888. The maximum absolute atomic E-state index is 3.54.